The van der Waals surface area contributed by atoms with Gasteiger partial charge < -0.3 is 5.11 Å². The Labute approximate surface area is 87.3 Å². The number of aliphatic hydroxyl groups is 1. The lowest BCUT2D eigenvalue weighted by molar-refractivity contribution is -0.0390. The molecule has 2 rings (SSSR count). The summed E-state index contributed by atoms with van der Waals surface area (Å²) in [5, 5.41) is 10.1. The standard InChI is InChI=1S/C11H13FOS/c1-14-10-7-8(3-4-9(10)12)11(13)5-2-6-11/h3-4,7,13H,2,5-6H2,1H3. The van der Waals surface area contributed by atoms with Gasteiger partial charge in [-0.2, -0.15) is 0 Å². The van der Waals surface area contributed by atoms with Gasteiger partial charge in [0.25, 0.3) is 0 Å². The molecule has 1 aromatic carbocycles. The minimum Gasteiger partial charge on any atom is -0.385 e. The molecule has 0 saturated heterocycles. The second kappa shape index (κ2) is 3.55. The predicted molar refractivity (Wildman–Crippen MR) is 55.9 cm³/mol. The van der Waals surface area contributed by atoms with E-state index in [0.717, 1.165) is 24.8 Å². The normalized spacial score (nSPS) is 19.1. The van der Waals surface area contributed by atoms with Gasteiger partial charge >= 0.3 is 0 Å². The molecule has 1 aromatic rings. The molecule has 1 aliphatic rings. The van der Waals surface area contributed by atoms with Crippen LogP contribution in [0.4, 0.5) is 4.39 Å². The Morgan fingerprint density at radius 2 is 2.14 bits per heavy atom. The molecule has 0 aromatic heterocycles. The lowest BCUT2D eigenvalue weighted by Crippen LogP contribution is -2.33. The molecule has 0 bridgehead atoms. The fourth-order valence-corrected chi connectivity index (χ4v) is 2.26. The third kappa shape index (κ3) is 1.55. The minimum atomic E-state index is -0.682. The highest BCUT2D eigenvalue weighted by atomic mass is 32.2. The molecule has 76 valence electrons. The minimum absolute atomic E-state index is 0.204. The number of halogens is 1. The first-order valence-electron chi connectivity index (χ1n) is 4.72. The first-order chi connectivity index (χ1) is 6.65. The highest BCUT2D eigenvalue weighted by Gasteiger charge is 2.36. The summed E-state index contributed by atoms with van der Waals surface area (Å²) in [6, 6.07) is 4.89. The van der Waals surface area contributed by atoms with E-state index >= 15 is 0 Å². The Morgan fingerprint density at radius 1 is 1.43 bits per heavy atom. The summed E-state index contributed by atoms with van der Waals surface area (Å²) >= 11 is 1.37. The molecule has 0 spiro atoms. The van der Waals surface area contributed by atoms with E-state index in [1.807, 2.05) is 6.26 Å². The van der Waals surface area contributed by atoms with Gasteiger partial charge in [-0.1, -0.05) is 6.07 Å². The molecule has 0 atom stereocenters. The van der Waals surface area contributed by atoms with Crippen molar-refractivity contribution in [3.8, 4) is 0 Å². The fraction of sp³-hybridized carbons (Fsp3) is 0.455. The average molecular weight is 212 g/mol. The summed E-state index contributed by atoms with van der Waals surface area (Å²) in [4.78, 5) is 0.614. The van der Waals surface area contributed by atoms with Crippen molar-refractivity contribution in [3.63, 3.8) is 0 Å². The number of benzene rings is 1. The Bertz CT molecular complexity index is 347. The van der Waals surface area contributed by atoms with Gasteiger partial charge in [-0.05, 0) is 43.2 Å². The highest BCUT2D eigenvalue weighted by Crippen LogP contribution is 2.42. The largest absolute Gasteiger partial charge is 0.385 e. The molecule has 1 N–H and O–H groups in total. The molecule has 1 fully saturated rings. The van der Waals surface area contributed by atoms with Crippen molar-refractivity contribution in [1.82, 2.24) is 0 Å². The molecule has 3 heteroatoms. The summed E-state index contributed by atoms with van der Waals surface area (Å²) in [6.45, 7) is 0. The van der Waals surface area contributed by atoms with Crippen LogP contribution in [0.3, 0.4) is 0 Å². The first-order valence-corrected chi connectivity index (χ1v) is 5.94. The average Bonchev–Trinajstić information content (AvgIpc) is 2.15. The topological polar surface area (TPSA) is 20.2 Å². The zero-order chi connectivity index (χ0) is 10.2. The van der Waals surface area contributed by atoms with Crippen molar-refractivity contribution in [1.29, 1.82) is 0 Å². The molecule has 0 amide bonds. The van der Waals surface area contributed by atoms with Crippen LogP contribution in [0.15, 0.2) is 23.1 Å². The first kappa shape index (κ1) is 9.99. The van der Waals surface area contributed by atoms with E-state index in [1.54, 1.807) is 12.1 Å². The van der Waals surface area contributed by atoms with E-state index in [0.29, 0.717) is 4.90 Å². The van der Waals surface area contributed by atoms with Crippen LogP contribution in [-0.4, -0.2) is 11.4 Å². The fourth-order valence-electron chi connectivity index (χ4n) is 1.75. The zero-order valence-electron chi connectivity index (χ0n) is 8.09. The molecular formula is C11H13FOS. The lowest BCUT2D eigenvalue weighted by atomic mass is 9.75. The van der Waals surface area contributed by atoms with E-state index in [9.17, 15) is 9.50 Å². The highest BCUT2D eigenvalue weighted by molar-refractivity contribution is 7.98. The predicted octanol–water partition coefficient (Wildman–Crippen LogP) is 2.92. The van der Waals surface area contributed by atoms with E-state index in [4.69, 9.17) is 0 Å². The van der Waals surface area contributed by atoms with Gasteiger partial charge in [-0.15, -0.1) is 11.8 Å². The molecule has 1 aliphatic carbocycles. The summed E-state index contributed by atoms with van der Waals surface area (Å²) in [7, 11) is 0. The van der Waals surface area contributed by atoms with Crippen LogP contribution in [0.25, 0.3) is 0 Å². The quantitative estimate of drug-likeness (QED) is 0.761. The Balaban J connectivity index is 2.35. The van der Waals surface area contributed by atoms with Crippen LogP contribution in [0.1, 0.15) is 24.8 Å². The maximum atomic E-state index is 13.2. The van der Waals surface area contributed by atoms with E-state index in [1.165, 1.54) is 17.8 Å². The van der Waals surface area contributed by atoms with Crippen molar-refractivity contribution in [3.05, 3.63) is 29.6 Å². The second-order valence-corrected chi connectivity index (χ2v) is 4.58. The molecular weight excluding hydrogens is 199 g/mol. The molecule has 1 nitrogen and oxygen atoms in total. The van der Waals surface area contributed by atoms with Crippen molar-refractivity contribution in [2.24, 2.45) is 0 Å². The number of hydrogen-bond donors (Lipinski definition) is 1. The lowest BCUT2D eigenvalue weighted by Gasteiger charge is -2.37. The number of rotatable bonds is 2. The SMILES string of the molecule is CSc1cc(C2(O)CCC2)ccc1F. The summed E-state index contributed by atoms with van der Waals surface area (Å²) in [5.74, 6) is -0.204. The Kier molecular flexibility index (Phi) is 2.54. The summed E-state index contributed by atoms with van der Waals surface area (Å²) in [6.07, 6.45) is 4.49. The van der Waals surface area contributed by atoms with E-state index < -0.39 is 5.60 Å². The van der Waals surface area contributed by atoms with Gasteiger partial charge in [0.05, 0.1) is 5.60 Å². The van der Waals surface area contributed by atoms with Crippen LogP contribution < -0.4 is 0 Å². The van der Waals surface area contributed by atoms with Crippen LogP contribution in [0.5, 0.6) is 0 Å². The molecule has 0 heterocycles. The smallest absolute Gasteiger partial charge is 0.136 e. The maximum Gasteiger partial charge on any atom is 0.136 e. The summed E-state index contributed by atoms with van der Waals surface area (Å²) < 4.78 is 13.2. The molecule has 0 radical (unpaired) electrons. The van der Waals surface area contributed by atoms with Crippen LogP contribution in [0.2, 0.25) is 0 Å². The summed E-state index contributed by atoms with van der Waals surface area (Å²) in [5.41, 5.74) is 0.174. The maximum absolute atomic E-state index is 13.2. The van der Waals surface area contributed by atoms with E-state index in [-0.39, 0.29) is 5.82 Å². The van der Waals surface area contributed by atoms with Crippen molar-refractivity contribution < 1.29 is 9.50 Å². The van der Waals surface area contributed by atoms with Gasteiger partial charge in [0.1, 0.15) is 5.82 Å². The van der Waals surface area contributed by atoms with Crippen molar-refractivity contribution in [2.75, 3.05) is 6.26 Å². The van der Waals surface area contributed by atoms with Crippen LogP contribution >= 0.6 is 11.8 Å². The van der Waals surface area contributed by atoms with Gasteiger partial charge in [0.2, 0.25) is 0 Å². The number of hydrogen-bond acceptors (Lipinski definition) is 2. The van der Waals surface area contributed by atoms with Gasteiger partial charge in [0, 0.05) is 4.90 Å². The van der Waals surface area contributed by atoms with E-state index in [2.05, 4.69) is 0 Å². The van der Waals surface area contributed by atoms with Gasteiger partial charge in [0.15, 0.2) is 0 Å². The zero-order valence-corrected chi connectivity index (χ0v) is 8.90. The molecule has 1 saturated carbocycles. The monoisotopic (exact) mass is 212 g/mol. The molecule has 0 aliphatic heterocycles. The van der Waals surface area contributed by atoms with Crippen molar-refractivity contribution in [2.45, 2.75) is 29.8 Å². The molecule has 0 unspecified atom stereocenters. The van der Waals surface area contributed by atoms with Gasteiger partial charge in [-0.3, -0.25) is 0 Å². The van der Waals surface area contributed by atoms with Crippen LogP contribution in [-0.2, 0) is 5.60 Å². The van der Waals surface area contributed by atoms with Crippen molar-refractivity contribution >= 4 is 11.8 Å². The third-order valence-electron chi connectivity index (χ3n) is 2.87. The second-order valence-electron chi connectivity index (χ2n) is 3.73. The van der Waals surface area contributed by atoms with Gasteiger partial charge in [-0.25, -0.2) is 4.39 Å². The Hall–Kier alpha value is -0.540. The Morgan fingerprint density at radius 3 is 2.64 bits per heavy atom. The molecule has 14 heavy (non-hydrogen) atoms. The van der Waals surface area contributed by atoms with Crippen LogP contribution in [0, 0.1) is 5.82 Å². The number of thioether (sulfide) groups is 1. The third-order valence-corrected chi connectivity index (χ3v) is 3.62.